The van der Waals surface area contributed by atoms with Gasteiger partial charge in [0.05, 0.1) is 5.60 Å². The second-order valence-corrected chi connectivity index (χ2v) is 5.69. The molecule has 1 aliphatic heterocycles. The number of rotatable bonds is 2. The van der Waals surface area contributed by atoms with Crippen molar-refractivity contribution in [3.8, 4) is 0 Å². The fourth-order valence-corrected chi connectivity index (χ4v) is 2.44. The number of aromatic nitrogens is 1. The standard InChI is InChI=1S/C14H20N2O3/c1-9-6-10(7-12(17)15-9)13(18)16-11-4-5-19-14(2,3)8-11/h6-7,11H,4-5,8H2,1-3H3,(H,15,17)(H,16,18). The molecule has 1 atom stereocenters. The molecule has 5 nitrogen and oxygen atoms in total. The van der Waals surface area contributed by atoms with Crippen LogP contribution in [0.3, 0.4) is 0 Å². The Hall–Kier alpha value is -1.62. The number of hydrogen-bond acceptors (Lipinski definition) is 3. The summed E-state index contributed by atoms with van der Waals surface area (Å²) >= 11 is 0. The maximum absolute atomic E-state index is 12.1. The molecule has 0 saturated carbocycles. The molecule has 19 heavy (non-hydrogen) atoms. The molecule has 0 aliphatic carbocycles. The molecule has 2 N–H and O–H groups in total. The number of aryl methyl sites for hydroxylation is 1. The zero-order valence-electron chi connectivity index (χ0n) is 11.6. The second kappa shape index (κ2) is 5.17. The molecule has 0 radical (unpaired) electrons. The lowest BCUT2D eigenvalue weighted by atomic mass is 9.94. The number of carbonyl (C=O) groups excluding carboxylic acids is 1. The molecule has 1 unspecified atom stereocenters. The van der Waals surface area contributed by atoms with Crippen LogP contribution in [0.25, 0.3) is 0 Å². The first-order valence-corrected chi connectivity index (χ1v) is 6.51. The fourth-order valence-electron chi connectivity index (χ4n) is 2.44. The van der Waals surface area contributed by atoms with E-state index in [1.54, 1.807) is 13.0 Å². The molecular weight excluding hydrogens is 244 g/mol. The molecule has 1 saturated heterocycles. The molecule has 104 valence electrons. The molecule has 2 rings (SSSR count). The summed E-state index contributed by atoms with van der Waals surface area (Å²) in [4.78, 5) is 26.1. The first kappa shape index (κ1) is 13.8. The lowest BCUT2D eigenvalue weighted by molar-refractivity contribution is -0.0615. The summed E-state index contributed by atoms with van der Waals surface area (Å²) in [5, 5.41) is 2.97. The van der Waals surface area contributed by atoms with Crippen LogP contribution in [-0.2, 0) is 4.74 Å². The van der Waals surface area contributed by atoms with Crippen molar-refractivity contribution in [3.63, 3.8) is 0 Å². The minimum Gasteiger partial charge on any atom is -0.375 e. The average molecular weight is 264 g/mol. The van der Waals surface area contributed by atoms with Gasteiger partial charge in [-0.2, -0.15) is 0 Å². The molecule has 0 aromatic carbocycles. The van der Waals surface area contributed by atoms with Crippen molar-refractivity contribution in [2.45, 2.75) is 45.3 Å². The number of pyridine rings is 1. The molecule has 1 aromatic heterocycles. The van der Waals surface area contributed by atoms with E-state index in [0.717, 1.165) is 12.8 Å². The van der Waals surface area contributed by atoms with Crippen LogP contribution < -0.4 is 10.9 Å². The van der Waals surface area contributed by atoms with Gasteiger partial charge in [0.15, 0.2) is 0 Å². The van der Waals surface area contributed by atoms with Gasteiger partial charge >= 0.3 is 0 Å². The smallest absolute Gasteiger partial charge is 0.251 e. The summed E-state index contributed by atoms with van der Waals surface area (Å²) in [6.45, 7) is 6.44. The van der Waals surface area contributed by atoms with E-state index < -0.39 is 0 Å². The first-order chi connectivity index (χ1) is 8.85. The minimum absolute atomic E-state index is 0.0934. The van der Waals surface area contributed by atoms with E-state index in [1.807, 2.05) is 13.8 Å². The molecule has 1 aromatic rings. The highest BCUT2D eigenvalue weighted by Crippen LogP contribution is 2.24. The van der Waals surface area contributed by atoms with Crippen molar-refractivity contribution in [1.29, 1.82) is 0 Å². The molecule has 0 bridgehead atoms. The minimum atomic E-state index is -0.252. The molecule has 0 spiro atoms. The average Bonchev–Trinajstić information content (AvgIpc) is 2.26. The molecular formula is C14H20N2O3. The van der Waals surface area contributed by atoms with Crippen molar-refractivity contribution < 1.29 is 9.53 Å². The number of amides is 1. The van der Waals surface area contributed by atoms with Crippen LogP contribution in [0.15, 0.2) is 16.9 Å². The van der Waals surface area contributed by atoms with Crippen molar-refractivity contribution in [2.75, 3.05) is 6.61 Å². The Morgan fingerprint density at radius 1 is 1.47 bits per heavy atom. The lowest BCUT2D eigenvalue weighted by Gasteiger charge is -2.35. The zero-order valence-corrected chi connectivity index (χ0v) is 11.6. The Balaban J connectivity index is 2.06. The Bertz CT molecular complexity index is 534. The SMILES string of the molecule is Cc1cc(C(=O)NC2CCOC(C)(C)C2)cc(=O)[nH]1. The number of nitrogens with one attached hydrogen (secondary N) is 2. The van der Waals surface area contributed by atoms with E-state index in [0.29, 0.717) is 17.9 Å². The second-order valence-electron chi connectivity index (χ2n) is 5.69. The predicted octanol–water partition coefficient (Wildman–Crippen LogP) is 1.37. The monoisotopic (exact) mass is 264 g/mol. The van der Waals surface area contributed by atoms with Crippen LogP contribution in [0, 0.1) is 6.92 Å². The molecule has 1 fully saturated rings. The third kappa shape index (κ3) is 3.67. The lowest BCUT2D eigenvalue weighted by Crippen LogP contribution is -2.45. The van der Waals surface area contributed by atoms with Gasteiger partial charge in [0.2, 0.25) is 5.56 Å². The Morgan fingerprint density at radius 2 is 2.21 bits per heavy atom. The van der Waals surface area contributed by atoms with E-state index in [2.05, 4.69) is 10.3 Å². The topological polar surface area (TPSA) is 71.2 Å². The van der Waals surface area contributed by atoms with Crippen LogP contribution in [-0.4, -0.2) is 29.1 Å². The zero-order chi connectivity index (χ0) is 14.0. The van der Waals surface area contributed by atoms with Gasteiger partial charge in [0.25, 0.3) is 5.91 Å². The predicted molar refractivity (Wildman–Crippen MR) is 72.3 cm³/mol. The quantitative estimate of drug-likeness (QED) is 0.847. The highest BCUT2D eigenvalue weighted by Gasteiger charge is 2.29. The van der Waals surface area contributed by atoms with Gasteiger partial charge in [0, 0.05) is 30.0 Å². The van der Waals surface area contributed by atoms with Crippen molar-refractivity contribution in [3.05, 3.63) is 33.7 Å². The summed E-state index contributed by atoms with van der Waals surface area (Å²) in [7, 11) is 0. The van der Waals surface area contributed by atoms with Gasteiger partial charge in [0.1, 0.15) is 0 Å². The third-order valence-corrected chi connectivity index (χ3v) is 3.27. The number of aromatic amines is 1. The largest absolute Gasteiger partial charge is 0.375 e. The van der Waals surface area contributed by atoms with Crippen LogP contribution in [0.1, 0.15) is 42.7 Å². The summed E-state index contributed by atoms with van der Waals surface area (Å²) in [5.74, 6) is -0.197. The number of ether oxygens (including phenoxy) is 1. The highest BCUT2D eigenvalue weighted by atomic mass is 16.5. The summed E-state index contributed by atoms with van der Waals surface area (Å²) in [6.07, 6.45) is 1.58. The van der Waals surface area contributed by atoms with Gasteiger partial charge in [-0.25, -0.2) is 0 Å². The summed E-state index contributed by atoms with van der Waals surface area (Å²) in [5.41, 5.74) is 0.633. The summed E-state index contributed by atoms with van der Waals surface area (Å²) in [6, 6.07) is 3.10. The molecule has 2 heterocycles. The van der Waals surface area contributed by atoms with E-state index >= 15 is 0 Å². The Labute approximate surface area is 112 Å². The number of carbonyl (C=O) groups is 1. The van der Waals surface area contributed by atoms with Crippen molar-refractivity contribution in [2.24, 2.45) is 0 Å². The van der Waals surface area contributed by atoms with Gasteiger partial charge in [-0.1, -0.05) is 0 Å². The van der Waals surface area contributed by atoms with E-state index in [1.165, 1.54) is 6.07 Å². The van der Waals surface area contributed by atoms with Crippen molar-refractivity contribution >= 4 is 5.91 Å². The Morgan fingerprint density at radius 3 is 2.84 bits per heavy atom. The third-order valence-electron chi connectivity index (χ3n) is 3.27. The highest BCUT2D eigenvalue weighted by molar-refractivity contribution is 5.94. The van der Waals surface area contributed by atoms with Crippen LogP contribution in [0.4, 0.5) is 0 Å². The van der Waals surface area contributed by atoms with Gasteiger partial charge in [-0.3, -0.25) is 9.59 Å². The maximum atomic E-state index is 12.1. The van der Waals surface area contributed by atoms with E-state index in [-0.39, 0.29) is 23.1 Å². The van der Waals surface area contributed by atoms with Crippen LogP contribution >= 0.6 is 0 Å². The number of hydrogen-bond donors (Lipinski definition) is 2. The van der Waals surface area contributed by atoms with E-state index in [9.17, 15) is 9.59 Å². The number of H-pyrrole nitrogens is 1. The van der Waals surface area contributed by atoms with Gasteiger partial charge in [-0.05, 0) is 39.7 Å². The summed E-state index contributed by atoms with van der Waals surface area (Å²) < 4.78 is 5.61. The molecule has 5 heteroatoms. The van der Waals surface area contributed by atoms with Gasteiger partial charge in [-0.15, -0.1) is 0 Å². The maximum Gasteiger partial charge on any atom is 0.251 e. The normalized spacial score (nSPS) is 21.9. The molecule has 1 amide bonds. The first-order valence-electron chi connectivity index (χ1n) is 6.51. The van der Waals surface area contributed by atoms with E-state index in [4.69, 9.17) is 4.74 Å². The van der Waals surface area contributed by atoms with Gasteiger partial charge < -0.3 is 15.0 Å². The fraction of sp³-hybridized carbons (Fsp3) is 0.571. The van der Waals surface area contributed by atoms with Crippen LogP contribution in [0.5, 0.6) is 0 Å². The molecule has 1 aliphatic rings. The Kier molecular flexibility index (Phi) is 3.75. The van der Waals surface area contributed by atoms with Crippen molar-refractivity contribution in [1.82, 2.24) is 10.3 Å². The van der Waals surface area contributed by atoms with Crippen LogP contribution in [0.2, 0.25) is 0 Å².